The summed E-state index contributed by atoms with van der Waals surface area (Å²) >= 11 is 0. The Balaban J connectivity index is 1.27. The second-order valence-corrected chi connectivity index (χ2v) is 10.3. The Morgan fingerprint density at radius 1 is 0.700 bits per heavy atom. The van der Waals surface area contributed by atoms with Gasteiger partial charge in [0.15, 0.2) is 0 Å². The van der Waals surface area contributed by atoms with Crippen molar-refractivity contribution in [1.29, 1.82) is 0 Å². The molecule has 5 heteroatoms. The van der Waals surface area contributed by atoms with Crippen molar-refractivity contribution in [2.45, 2.75) is 25.4 Å². The lowest BCUT2D eigenvalue weighted by molar-refractivity contribution is -0.384. The summed E-state index contributed by atoms with van der Waals surface area (Å²) < 4.78 is 0. The van der Waals surface area contributed by atoms with Crippen molar-refractivity contribution < 1.29 is 4.92 Å². The average Bonchev–Trinajstić information content (AvgIpc) is 3.77. The number of benzene rings is 5. The van der Waals surface area contributed by atoms with Gasteiger partial charge in [-0.15, -0.1) is 0 Å². The summed E-state index contributed by atoms with van der Waals surface area (Å²) in [5.41, 5.74) is 11.3. The summed E-state index contributed by atoms with van der Waals surface area (Å²) in [4.78, 5) is 18.5. The summed E-state index contributed by atoms with van der Waals surface area (Å²) in [6, 6.07) is 41.3. The molecule has 0 saturated carbocycles. The van der Waals surface area contributed by atoms with E-state index in [4.69, 9.17) is 4.99 Å². The molecule has 0 bridgehead atoms. The van der Waals surface area contributed by atoms with Gasteiger partial charge in [-0.1, -0.05) is 104 Å². The van der Waals surface area contributed by atoms with Gasteiger partial charge in [0, 0.05) is 12.1 Å². The van der Waals surface area contributed by atoms with Crippen molar-refractivity contribution in [3.05, 3.63) is 148 Å². The fourth-order valence-electron chi connectivity index (χ4n) is 5.78. The molecule has 2 heterocycles. The van der Waals surface area contributed by atoms with Crippen molar-refractivity contribution in [1.82, 2.24) is 0 Å². The fourth-order valence-corrected chi connectivity index (χ4v) is 5.78. The number of nitrogens with zero attached hydrogens (tertiary/aromatic N) is 3. The zero-order chi connectivity index (χ0) is 27.2. The van der Waals surface area contributed by atoms with Gasteiger partial charge in [-0.25, -0.2) is 4.99 Å². The summed E-state index contributed by atoms with van der Waals surface area (Å²) in [5.74, 6) is 0. The first-order valence-electron chi connectivity index (χ1n) is 13.6. The second-order valence-electron chi connectivity index (χ2n) is 10.3. The molecule has 0 radical (unpaired) electrons. The molecule has 0 N–H and O–H groups in total. The number of hydrogen-bond donors (Lipinski definition) is 0. The Kier molecular flexibility index (Phi) is 5.78. The van der Waals surface area contributed by atoms with Crippen LogP contribution in [0.4, 0.5) is 17.1 Å². The third kappa shape index (κ3) is 4.16. The van der Waals surface area contributed by atoms with E-state index in [2.05, 4.69) is 103 Å². The van der Waals surface area contributed by atoms with Crippen LogP contribution >= 0.6 is 0 Å². The topological polar surface area (TPSA) is 58.5 Å². The largest absolute Gasteiger partial charge is 0.349 e. The van der Waals surface area contributed by atoms with Crippen LogP contribution in [0.2, 0.25) is 0 Å². The minimum absolute atomic E-state index is 0.0716. The van der Waals surface area contributed by atoms with Crippen molar-refractivity contribution in [3.63, 3.8) is 0 Å². The number of aliphatic imine (C=N–C) groups is 1. The highest BCUT2D eigenvalue weighted by atomic mass is 16.6. The molecular weight excluding hydrogens is 494 g/mol. The van der Waals surface area contributed by atoms with E-state index in [-0.39, 0.29) is 22.7 Å². The van der Waals surface area contributed by atoms with E-state index in [0.29, 0.717) is 0 Å². The maximum absolute atomic E-state index is 11.3. The first-order valence-corrected chi connectivity index (χ1v) is 13.6. The highest BCUT2D eigenvalue weighted by molar-refractivity contribution is 6.14. The third-order valence-corrected chi connectivity index (χ3v) is 8.01. The van der Waals surface area contributed by atoms with Crippen LogP contribution in [-0.4, -0.2) is 16.7 Å². The van der Waals surface area contributed by atoms with Gasteiger partial charge in [-0.2, -0.15) is 0 Å². The molecule has 0 amide bonds. The van der Waals surface area contributed by atoms with Crippen LogP contribution in [0.3, 0.4) is 0 Å². The lowest BCUT2D eigenvalue weighted by atomic mass is 9.98. The molecule has 0 aliphatic carbocycles. The Morgan fingerprint density at radius 3 is 1.95 bits per heavy atom. The molecule has 194 valence electrons. The Bertz CT molecular complexity index is 1740. The number of anilines is 1. The Hall–Kier alpha value is -5.03. The van der Waals surface area contributed by atoms with Gasteiger partial charge in [-0.05, 0) is 57.5 Å². The number of nitro groups is 1. The minimum Gasteiger partial charge on any atom is -0.349 e. The first-order chi connectivity index (χ1) is 19.6. The van der Waals surface area contributed by atoms with Gasteiger partial charge in [0.2, 0.25) is 0 Å². The van der Waals surface area contributed by atoms with E-state index in [1.54, 1.807) is 12.1 Å². The predicted octanol–water partition coefficient (Wildman–Crippen LogP) is 8.56. The third-order valence-electron chi connectivity index (χ3n) is 8.01. The molecule has 1 fully saturated rings. The molecule has 7 rings (SSSR count). The normalized spacial score (nSPS) is 17.0. The lowest BCUT2D eigenvalue weighted by Gasteiger charge is -2.18. The van der Waals surface area contributed by atoms with E-state index >= 15 is 0 Å². The number of fused-ring (bicyclic) bond motifs is 3. The van der Waals surface area contributed by atoms with Crippen LogP contribution in [-0.2, 0) is 6.42 Å². The fraction of sp³-hybridized carbons (Fsp3) is 0.114. The minimum atomic E-state index is -0.350. The van der Waals surface area contributed by atoms with Gasteiger partial charge < -0.3 is 4.90 Å². The number of non-ortho nitro benzene ring substituents is 1. The molecule has 5 aromatic rings. The Labute approximate surface area is 233 Å². The molecule has 2 aliphatic rings. The second kappa shape index (κ2) is 9.62. The summed E-state index contributed by atoms with van der Waals surface area (Å²) in [6.45, 7) is 2.16. The number of hydrogen-bond acceptors (Lipinski definition) is 4. The highest BCUT2D eigenvalue weighted by Crippen LogP contribution is 2.55. The monoisotopic (exact) mass is 521 g/mol. The van der Waals surface area contributed by atoms with E-state index in [1.807, 2.05) is 18.2 Å². The van der Waals surface area contributed by atoms with Crippen LogP contribution < -0.4 is 4.90 Å². The Morgan fingerprint density at radius 2 is 1.30 bits per heavy atom. The lowest BCUT2D eigenvalue weighted by Crippen LogP contribution is -2.17. The van der Waals surface area contributed by atoms with Crippen molar-refractivity contribution in [2.75, 3.05) is 4.90 Å². The molecular formula is C35H27N3O2. The highest BCUT2D eigenvalue weighted by Gasteiger charge is 2.54. The van der Waals surface area contributed by atoms with Crippen LogP contribution in [0, 0.1) is 10.1 Å². The number of rotatable bonds is 6. The molecule has 2 atom stereocenters. The smallest absolute Gasteiger partial charge is 0.269 e. The van der Waals surface area contributed by atoms with Crippen LogP contribution in [0.15, 0.2) is 126 Å². The summed E-state index contributed by atoms with van der Waals surface area (Å²) in [7, 11) is 0. The number of nitro benzene ring substituents is 1. The molecule has 0 spiro atoms. The van der Waals surface area contributed by atoms with Gasteiger partial charge in [0.05, 0.1) is 34.1 Å². The molecule has 2 unspecified atom stereocenters. The quantitative estimate of drug-likeness (QED) is 0.128. The molecule has 0 aromatic heterocycles. The maximum atomic E-state index is 11.3. The standard InChI is InChI=1S/C35H27N3O2/c1-2-23-8-10-27(11-9-23)33-35-34(28-16-19-30(20-17-28)38(39)40)37(35)32-22-29(18-21-31(32)36-33)26-14-12-25(13-15-26)24-6-4-3-5-7-24/h3-22,34-35H,2H2,1H3. The van der Waals surface area contributed by atoms with E-state index in [1.165, 1.54) is 16.7 Å². The van der Waals surface area contributed by atoms with E-state index in [9.17, 15) is 10.1 Å². The summed E-state index contributed by atoms with van der Waals surface area (Å²) in [5, 5.41) is 11.3. The first kappa shape index (κ1) is 24.0. The van der Waals surface area contributed by atoms with Gasteiger partial charge in [0.1, 0.15) is 0 Å². The predicted molar refractivity (Wildman–Crippen MR) is 161 cm³/mol. The van der Waals surface area contributed by atoms with Crippen molar-refractivity contribution in [3.8, 4) is 22.3 Å². The zero-order valence-corrected chi connectivity index (χ0v) is 22.1. The van der Waals surface area contributed by atoms with Gasteiger partial charge >= 0.3 is 0 Å². The van der Waals surface area contributed by atoms with Gasteiger partial charge in [-0.3, -0.25) is 10.1 Å². The SMILES string of the molecule is CCc1ccc(C2=Nc3ccc(-c4ccc(-c5ccccc5)cc4)cc3N3C2C3c2ccc([N+](=O)[O-])cc2)cc1. The van der Waals surface area contributed by atoms with Crippen molar-refractivity contribution in [2.24, 2.45) is 4.99 Å². The van der Waals surface area contributed by atoms with Crippen LogP contribution in [0.5, 0.6) is 0 Å². The van der Waals surface area contributed by atoms with E-state index in [0.717, 1.165) is 45.8 Å². The van der Waals surface area contributed by atoms with Crippen LogP contribution in [0.1, 0.15) is 29.7 Å². The molecule has 5 aromatic carbocycles. The molecule has 2 aliphatic heterocycles. The molecule has 5 nitrogen and oxygen atoms in total. The number of aryl methyl sites for hydroxylation is 1. The van der Waals surface area contributed by atoms with Gasteiger partial charge in [0.25, 0.3) is 5.69 Å². The average molecular weight is 522 g/mol. The maximum Gasteiger partial charge on any atom is 0.269 e. The molecule has 40 heavy (non-hydrogen) atoms. The summed E-state index contributed by atoms with van der Waals surface area (Å²) in [6.07, 6.45) is 0.992. The van der Waals surface area contributed by atoms with Crippen molar-refractivity contribution >= 4 is 22.8 Å². The zero-order valence-electron chi connectivity index (χ0n) is 22.1. The van der Waals surface area contributed by atoms with E-state index < -0.39 is 0 Å². The van der Waals surface area contributed by atoms with Crippen LogP contribution in [0.25, 0.3) is 22.3 Å². The molecule has 1 saturated heterocycles.